The lowest BCUT2D eigenvalue weighted by Gasteiger charge is -2.12. The van der Waals surface area contributed by atoms with E-state index in [2.05, 4.69) is 5.32 Å². The van der Waals surface area contributed by atoms with E-state index in [1.165, 1.54) is 0 Å². The molecular formula is C13H17NO3S. The Kier molecular flexibility index (Phi) is 5.22. The average molecular weight is 267 g/mol. The molecule has 98 valence electrons. The molecule has 0 bridgehead atoms. The number of carboxylic acid groups (broad SMARTS) is 1. The van der Waals surface area contributed by atoms with E-state index in [9.17, 15) is 9.59 Å². The number of hydrogen-bond donors (Lipinski definition) is 2. The molecule has 0 aromatic heterocycles. The highest BCUT2D eigenvalue weighted by atomic mass is 32.2. The zero-order valence-corrected chi connectivity index (χ0v) is 11.6. The molecule has 0 atom stereocenters. The number of thioether (sulfide) groups is 1. The van der Waals surface area contributed by atoms with Crippen LogP contribution in [-0.2, 0) is 9.59 Å². The Hall–Kier alpha value is -1.49. The molecule has 0 aliphatic rings. The first-order valence-electron chi connectivity index (χ1n) is 5.57. The second-order valence-corrected chi connectivity index (χ2v) is 5.19. The van der Waals surface area contributed by atoms with E-state index in [1.54, 1.807) is 0 Å². The molecule has 0 fully saturated rings. The quantitative estimate of drug-likeness (QED) is 0.859. The molecule has 0 aliphatic carbocycles. The molecule has 2 N–H and O–H groups in total. The highest BCUT2D eigenvalue weighted by molar-refractivity contribution is 8.00. The van der Waals surface area contributed by atoms with E-state index in [1.807, 2.05) is 32.9 Å². The second kappa shape index (κ2) is 6.44. The van der Waals surface area contributed by atoms with Crippen molar-refractivity contribution in [2.24, 2.45) is 0 Å². The summed E-state index contributed by atoms with van der Waals surface area (Å²) in [6, 6.07) is 4.01. The number of carbonyl (C=O) groups excluding carboxylic acids is 1. The van der Waals surface area contributed by atoms with Gasteiger partial charge in [0.1, 0.15) is 0 Å². The molecule has 0 saturated heterocycles. The summed E-state index contributed by atoms with van der Waals surface area (Å²) in [6.45, 7) is 5.90. The minimum atomic E-state index is -0.907. The molecule has 1 amide bonds. The van der Waals surface area contributed by atoms with Gasteiger partial charge in [-0.3, -0.25) is 9.59 Å². The molecule has 0 spiro atoms. The van der Waals surface area contributed by atoms with Gasteiger partial charge in [0.15, 0.2) is 0 Å². The van der Waals surface area contributed by atoms with Crippen molar-refractivity contribution in [2.75, 3.05) is 16.8 Å². The minimum absolute atomic E-state index is 0.0563. The number of benzene rings is 1. The largest absolute Gasteiger partial charge is 0.481 e. The van der Waals surface area contributed by atoms with Crippen molar-refractivity contribution >= 4 is 29.3 Å². The van der Waals surface area contributed by atoms with E-state index >= 15 is 0 Å². The van der Waals surface area contributed by atoms with Crippen molar-refractivity contribution in [3.05, 3.63) is 28.8 Å². The first-order valence-corrected chi connectivity index (χ1v) is 6.73. The summed E-state index contributed by atoms with van der Waals surface area (Å²) >= 11 is 1.09. The number of aliphatic carboxylic acids is 1. The second-order valence-electron chi connectivity index (χ2n) is 4.21. The van der Waals surface area contributed by atoms with Crippen molar-refractivity contribution in [3.63, 3.8) is 0 Å². The molecule has 0 saturated carbocycles. The van der Waals surface area contributed by atoms with Crippen LogP contribution in [0.1, 0.15) is 16.7 Å². The van der Waals surface area contributed by atoms with Crippen molar-refractivity contribution in [1.82, 2.24) is 0 Å². The lowest BCUT2D eigenvalue weighted by atomic mass is 10.1. The number of hydrogen-bond acceptors (Lipinski definition) is 3. The summed E-state index contributed by atoms with van der Waals surface area (Å²) < 4.78 is 0. The lowest BCUT2D eigenvalue weighted by molar-refractivity contribution is -0.133. The van der Waals surface area contributed by atoms with Gasteiger partial charge < -0.3 is 10.4 Å². The molecule has 0 unspecified atom stereocenters. The highest BCUT2D eigenvalue weighted by Gasteiger charge is 2.09. The Morgan fingerprint density at radius 3 is 2.22 bits per heavy atom. The number of carboxylic acids is 1. The highest BCUT2D eigenvalue weighted by Crippen LogP contribution is 2.22. The van der Waals surface area contributed by atoms with Gasteiger partial charge in [0, 0.05) is 5.69 Å². The van der Waals surface area contributed by atoms with Gasteiger partial charge in [-0.25, -0.2) is 0 Å². The number of anilines is 1. The van der Waals surface area contributed by atoms with Crippen molar-refractivity contribution in [1.29, 1.82) is 0 Å². The fourth-order valence-electron chi connectivity index (χ4n) is 1.78. The normalized spacial score (nSPS) is 10.2. The molecule has 1 aromatic carbocycles. The van der Waals surface area contributed by atoms with Crippen molar-refractivity contribution in [2.45, 2.75) is 20.8 Å². The first kappa shape index (κ1) is 14.6. The Morgan fingerprint density at radius 1 is 1.17 bits per heavy atom. The smallest absolute Gasteiger partial charge is 0.313 e. The number of carbonyl (C=O) groups is 2. The van der Waals surface area contributed by atoms with Crippen LogP contribution in [0.5, 0.6) is 0 Å². The Morgan fingerprint density at radius 2 is 1.72 bits per heavy atom. The summed E-state index contributed by atoms with van der Waals surface area (Å²) in [4.78, 5) is 22.0. The van der Waals surface area contributed by atoms with Crippen molar-refractivity contribution < 1.29 is 14.7 Å². The fourth-order valence-corrected chi connectivity index (χ4v) is 2.32. The summed E-state index contributed by atoms with van der Waals surface area (Å²) in [7, 11) is 0. The summed E-state index contributed by atoms with van der Waals surface area (Å²) in [5.74, 6) is -0.981. The van der Waals surface area contributed by atoms with E-state index in [-0.39, 0.29) is 17.4 Å². The molecule has 1 aromatic rings. The SMILES string of the molecule is Cc1cc(C)c(NC(=O)CSCC(=O)O)c(C)c1. The molecule has 0 radical (unpaired) electrons. The lowest BCUT2D eigenvalue weighted by Crippen LogP contribution is -2.17. The van der Waals surface area contributed by atoms with E-state index in [0.717, 1.165) is 34.1 Å². The van der Waals surface area contributed by atoms with Gasteiger partial charge in [-0.05, 0) is 31.9 Å². The van der Waals surface area contributed by atoms with E-state index in [4.69, 9.17) is 5.11 Å². The van der Waals surface area contributed by atoms with Gasteiger partial charge >= 0.3 is 5.97 Å². The van der Waals surface area contributed by atoms with Crippen LogP contribution in [0, 0.1) is 20.8 Å². The van der Waals surface area contributed by atoms with Gasteiger partial charge in [-0.2, -0.15) is 0 Å². The molecule has 5 heteroatoms. The summed E-state index contributed by atoms with van der Waals surface area (Å²) in [5, 5.41) is 11.3. The van der Waals surface area contributed by atoms with Crippen molar-refractivity contribution in [3.8, 4) is 0 Å². The number of amides is 1. The predicted molar refractivity (Wildman–Crippen MR) is 74.2 cm³/mol. The van der Waals surface area contributed by atoms with Gasteiger partial charge in [-0.15, -0.1) is 11.8 Å². The monoisotopic (exact) mass is 267 g/mol. The minimum Gasteiger partial charge on any atom is -0.481 e. The Labute approximate surface area is 111 Å². The molecule has 18 heavy (non-hydrogen) atoms. The standard InChI is InChI=1S/C13H17NO3S/c1-8-4-9(2)13(10(3)5-8)14-11(15)6-18-7-12(16)17/h4-5H,6-7H2,1-3H3,(H,14,15)(H,16,17). The predicted octanol–water partition coefficient (Wildman–Crippen LogP) is 2.37. The summed E-state index contributed by atoms with van der Waals surface area (Å²) in [6.07, 6.45) is 0. The average Bonchev–Trinajstić information content (AvgIpc) is 2.22. The molecular weight excluding hydrogens is 250 g/mol. The van der Waals surface area contributed by atoms with Gasteiger partial charge in [0.25, 0.3) is 0 Å². The Bertz CT molecular complexity index is 448. The van der Waals surface area contributed by atoms with Crippen LogP contribution in [0.25, 0.3) is 0 Å². The van der Waals surface area contributed by atoms with Gasteiger partial charge in [0.05, 0.1) is 11.5 Å². The molecule has 0 aliphatic heterocycles. The maximum absolute atomic E-state index is 11.7. The topological polar surface area (TPSA) is 66.4 Å². The van der Waals surface area contributed by atoms with Crippen LogP contribution in [0.4, 0.5) is 5.69 Å². The molecule has 0 heterocycles. The third kappa shape index (κ3) is 4.41. The summed E-state index contributed by atoms with van der Waals surface area (Å²) in [5.41, 5.74) is 4.01. The fraction of sp³-hybridized carbons (Fsp3) is 0.385. The maximum atomic E-state index is 11.7. The van der Waals surface area contributed by atoms with Gasteiger partial charge in [-0.1, -0.05) is 17.7 Å². The van der Waals surface area contributed by atoms with E-state index in [0.29, 0.717) is 0 Å². The first-order chi connectivity index (χ1) is 8.40. The number of aryl methyl sites for hydroxylation is 3. The third-order valence-electron chi connectivity index (χ3n) is 2.40. The van der Waals surface area contributed by atoms with Crippen LogP contribution < -0.4 is 5.32 Å². The van der Waals surface area contributed by atoms with Gasteiger partial charge in [0.2, 0.25) is 5.91 Å². The van der Waals surface area contributed by atoms with Crippen LogP contribution in [0.3, 0.4) is 0 Å². The maximum Gasteiger partial charge on any atom is 0.313 e. The van der Waals surface area contributed by atoms with Crippen LogP contribution in [0.15, 0.2) is 12.1 Å². The zero-order chi connectivity index (χ0) is 13.7. The number of rotatable bonds is 5. The van der Waals surface area contributed by atoms with Crippen LogP contribution >= 0.6 is 11.8 Å². The number of nitrogens with one attached hydrogen (secondary N) is 1. The Balaban J connectivity index is 2.62. The third-order valence-corrected chi connectivity index (χ3v) is 3.32. The van der Waals surface area contributed by atoms with E-state index < -0.39 is 5.97 Å². The zero-order valence-electron chi connectivity index (χ0n) is 10.7. The molecule has 1 rings (SSSR count). The molecule has 4 nitrogen and oxygen atoms in total. The van der Waals surface area contributed by atoms with Crippen LogP contribution in [0.2, 0.25) is 0 Å². The van der Waals surface area contributed by atoms with Crippen LogP contribution in [-0.4, -0.2) is 28.5 Å².